The molecule has 14 heteroatoms. The number of hydrogen-bond donors (Lipinski definition) is 1. The van der Waals surface area contributed by atoms with Gasteiger partial charge in [0.2, 0.25) is 15.9 Å². The number of sulfonamides is 1. The van der Waals surface area contributed by atoms with Gasteiger partial charge in [0.15, 0.2) is 11.3 Å². The van der Waals surface area contributed by atoms with Crippen molar-refractivity contribution in [2.24, 2.45) is 5.14 Å². The van der Waals surface area contributed by atoms with Gasteiger partial charge in [0.25, 0.3) is 0 Å². The first-order valence-corrected chi connectivity index (χ1v) is 14.2. The van der Waals surface area contributed by atoms with Gasteiger partial charge < -0.3 is 14.2 Å². The molecule has 0 aliphatic rings. The van der Waals surface area contributed by atoms with Gasteiger partial charge in [-0.15, -0.1) is 0 Å². The summed E-state index contributed by atoms with van der Waals surface area (Å²) in [5.74, 6) is 0.307. The first-order chi connectivity index (χ1) is 19.7. The number of halogens is 2. The smallest absolute Gasteiger partial charge is 0.220 e. The van der Waals surface area contributed by atoms with Crippen LogP contribution in [0.3, 0.4) is 0 Å². The van der Waals surface area contributed by atoms with Crippen molar-refractivity contribution in [1.29, 1.82) is 0 Å². The zero-order valence-corrected chi connectivity index (χ0v) is 23.6. The third kappa shape index (κ3) is 5.38. The van der Waals surface area contributed by atoms with Crippen molar-refractivity contribution < 1.29 is 27.0 Å². The lowest BCUT2D eigenvalue weighted by Gasteiger charge is -2.23. The van der Waals surface area contributed by atoms with Gasteiger partial charge in [-0.25, -0.2) is 32.9 Å². The van der Waals surface area contributed by atoms with Gasteiger partial charge in [0.1, 0.15) is 34.7 Å². The Morgan fingerprint density at radius 1 is 1.05 bits per heavy atom. The van der Waals surface area contributed by atoms with Crippen LogP contribution in [0.15, 0.2) is 61.1 Å². The lowest BCUT2D eigenvalue weighted by atomic mass is 9.95. The SMILES string of the molecule is CCOc1cccc(-n2cnc3ncc(-c4c(F)cc(Cl)cc4C(c4c(OC)cccc4OC)S(N)(=O)=O)nc32)n1. The summed E-state index contributed by atoms with van der Waals surface area (Å²) in [6.45, 7) is 2.26. The fraction of sp³-hybridized carbons (Fsp3) is 0.185. The lowest BCUT2D eigenvalue weighted by molar-refractivity contribution is 0.326. The number of imidazole rings is 1. The number of fused-ring (bicyclic) bond motifs is 1. The highest BCUT2D eigenvalue weighted by Crippen LogP contribution is 2.45. The molecule has 0 radical (unpaired) electrons. The van der Waals surface area contributed by atoms with Crippen LogP contribution in [0.5, 0.6) is 17.4 Å². The molecule has 1 atom stereocenters. The normalized spacial score (nSPS) is 12.3. The van der Waals surface area contributed by atoms with Crippen LogP contribution in [-0.4, -0.2) is 53.7 Å². The minimum absolute atomic E-state index is 0.00638. The predicted molar refractivity (Wildman–Crippen MR) is 151 cm³/mol. The van der Waals surface area contributed by atoms with Crippen molar-refractivity contribution in [3.8, 4) is 34.5 Å². The van der Waals surface area contributed by atoms with Gasteiger partial charge in [0, 0.05) is 16.7 Å². The largest absolute Gasteiger partial charge is 0.496 e. The average molecular weight is 599 g/mol. The Hall–Kier alpha value is -4.33. The number of aromatic nitrogens is 5. The Balaban J connectivity index is 1.77. The average Bonchev–Trinajstić information content (AvgIpc) is 3.36. The molecule has 0 fully saturated rings. The molecule has 11 nitrogen and oxygen atoms in total. The third-order valence-electron chi connectivity index (χ3n) is 6.19. The molecule has 41 heavy (non-hydrogen) atoms. The molecule has 3 aromatic heterocycles. The highest BCUT2D eigenvalue weighted by molar-refractivity contribution is 7.89. The quantitative estimate of drug-likeness (QED) is 0.260. The molecule has 212 valence electrons. The summed E-state index contributed by atoms with van der Waals surface area (Å²) < 4.78 is 60.2. The molecule has 0 saturated carbocycles. The maximum absolute atomic E-state index is 15.8. The van der Waals surface area contributed by atoms with Crippen LogP contribution in [0.1, 0.15) is 23.3 Å². The molecule has 1 unspecified atom stereocenters. The third-order valence-corrected chi connectivity index (χ3v) is 7.55. The first kappa shape index (κ1) is 28.2. The van der Waals surface area contributed by atoms with Crippen LogP contribution < -0.4 is 19.3 Å². The van der Waals surface area contributed by atoms with Crippen molar-refractivity contribution in [2.45, 2.75) is 12.2 Å². The molecule has 0 aliphatic heterocycles. The van der Waals surface area contributed by atoms with Crippen molar-refractivity contribution >= 4 is 32.9 Å². The van der Waals surface area contributed by atoms with Crippen LogP contribution in [-0.2, 0) is 10.0 Å². The number of benzene rings is 2. The van der Waals surface area contributed by atoms with Gasteiger partial charge in [-0.2, -0.15) is 4.98 Å². The Morgan fingerprint density at radius 3 is 2.41 bits per heavy atom. The van der Waals surface area contributed by atoms with Crippen LogP contribution in [0, 0.1) is 5.82 Å². The molecular weight excluding hydrogens is 575 g/mol. The monoisotopic (exact) mass is 598 g/mol. The fourth-order valence-electron chi connectivity index (χ4n) is 4.55. The fourth-order valence-corrected chi connectivity index (χ4v) is 5.87. The highest BCUT2D eigenvalue weighted by Gasteiger charge is 2.36. The highest BCUT2D eigenvalue weighted by atomic mass is 35.5. The predicted octanol–water partition coefficient (Wildman–Crippen LogP) is 4.46. The van der Waals surface area contributed by atoms with E-state index >= 15 is 4.39 Å². The number of nitrogens with zero attached hydrogens (tertiary/aromatic N) is 5. The maximum atomic E-state index is 15.8. The number of primary sulfonamides is 1. The molecule has 5 aromatic rings. The number of pyridine rings is 1. The van der Waals surface area contributed by atoms with Gasteiger partial charge in [-0.3, -0.25) is 4.57 Å². The Morgan fingerprint density at radius 2 is 1.76 bits per heavy atom. The molecule has 0 amide bonds. The number of hydrogen-bond acceptors (Lipinski definition) is 9. The number of ether oxygens (including phenoxy) is 3. The van der Waals surface area contributed by atoms with Crippen molar-refractivity contribution in [1.82, 2.24) is 24.5 Å². The molecule has 0 spiro atoms. The summed E-state index contributed by atoms with van der Waals surface area (Å²) in [7, 11) is -1.73. The number of rotatable bonds is 9. The zero-order valence-electron chi connectivity index (χ0n) is 22.1. The van der Waals surface area contributed by atoms with Crippen LogP contribution in [0.2, 0.25) is 5.02 Å². The molecule has 3 heterocycles. The van der Waals surface area contributed by atoms with Crippen molar-refractivity contribution in [2.75, 3.05) is 20.8 Å². The van der Waals surface area contributed by atoms with Crippen LogP contribution in [0.25, 0.3) is 28.4 Å². The van der Waals surface area contributed by atoms with E-state index in [4.69, 9.17) is 31.0 Å². The lowest BCUT2D eigenvalue weighted by Crippen LogP contribution is -2.24. The summed E-state index contributed by atoms with van der Waals surface area (Å²) in [5, 5.41) is 4.07. The van der Waals surface area contributed by atoms with E-state index in [1.54, 1.807) is 41.0 Å². The van der Waals surface area contributed by atoms with E-state index in [9.17, 15) is 8.42 Å². The summed E-state index contributed by atoms with van der Waals surface area (Å²) >= 11 is 6.25. The summed E-state index contributed by atoms with van der Waals surface area (Å²) in [6, 6.07) is 12.3. The summed E-state index contributed by atoms with van der Waals surface area (Å²) in [4.78, 5) is 17.7. The Bertz CT molecular complexity index is 1840. The molecule has 0 aliphatic carbocycles. The zero-order chi connectivity index (χ0) is 29.3. The maximum Gasteiger partial charge on any atom is 0.220 e. The topological polar surface area (TPSA) is 144 Å². The van der Waals surface area contributed by atoms with E-state index in [1.165, 1.54) is 32.8 Å². The standard InChI is InChI=1S/C27H24ClFN6O5S/c1-4-40-22-10-6-9-21(34-22)35-14-32-26-27(35)33-18(13-31-26)23-16(11-15(28)12-17(23)29)25(41(30,36)37)24-19(38-2)7-5-8-20(24)39-3/h5-14,25H,4H2,1-3H3,(H2,30,36,37). The van der Waals surface area contributed by atoms with Gasteiger partial charge in [-0.1, -0.05) is 23.7 Å². The molecular formula is C27H24ClFN6O5S. The van der Waals surface area contributed by atoms with Crippen LogP contribution >= 0.6 is 11.6 Å². The second-order valence-electron chi connectivity index (χ2n) is 8.68. The number of methoxy groups -OCH3 is 2. The minimum atomic E-state index is -4.47. The molecule has 0 bridgehead atoms. The summed E-state index contributed by atoms with van der Waals surface area (Å²) in [6.07, 6.45) is 2.76. The Labute approximate surface area is 239 Å². The van der Waals surface area contributed by atoms with Gasteiger partial charge >= 0.3 is 0 Å². The van der Waals surface area contributed by atoms with E-state index in [0.717, 1.165) is 6.07 Å². The van der Waals surface area contributed by atoms with Gasteiger partial charge in [0.05, 0.1) is 38.3 Å². The molecule has 2 aromatic carbocycles. The van der Waals surface area contributed by atoms with Crippen LogP contribution in [0.4, 0.5) is 4.39 Å². The van der Waals surface area contributed by atoms with Gasteiger partial charge in [-0.05, 0) is 42.8 Å². The second-order valence-corrected chi connectivity index (χ2v) is 10.8. The second kappa shape index (κ2) is 11.3. The van der Waals surface area contributed by atoms with Crippen molar-refractivity contribution in [3.63, 3.8) is 0 Å². The molecule has 5 rings (SSSR count). The summed E-state index contributed by atoms with van der Waals surface area (Å²) in [5.41, 5.74) is 0.301. The van der Waals surface area contributed by atoms with E-state index in [0.29, 0.717) is 18.3 Å². The molecule has 2 N–H and O–H groups in total. The number of nitrogens with two attached hydrogens (primary N) is 1. The Kier molecular flexibility index (Phi) is 7.76. The first-order valence-electron chi connectivity index (χ1n) is 12.2. The van der Waals surface area contributed by atoms with E-state index in [-0.39, 0.29) is 50.2 Å². The van der Waals surface area contributed by atoms with Crippen molar-refractivity contribution in [3.05, 3.63) is 83.0 Å². The van der Waals surface area contributed by atoms with E-state index in [1.807, 2.05) is 6.92 Å². The van der Waals surface area contributed by atoms with E-state index < -0.39 is 21.1 Å². The van der Waals surface area contributed by atoms with E-state index in [2.05, 4.69) is 19.9 Å². The minimum Gasteiger partial charge on any atom is -0.496 e. The molecule has 0 saturated heterocycles.